The lowest BCUT2D eigenvalue weighted by molar-refractivity contribution is -0.130. The van der Waals surface area contributed by atoms with E-state index in [1.165, 1.54) is 19.2 Å². The van der Waals surface area contributed by atoms with Gasteiger partial charge in [0, 0.05) is 19.6 Å². The summed E-state index contributed by atoms with van der Waals surface area (Å²) in [5.74, 6) is -0.359. The van der Waals surface area contributed by atoms with Crippen LogP contribution in [0.2, 0.25) is 0 Å². The summed E-state index contributed by atoms with van der Waals surface area (Å²) < 4.78 is 13.2. The standard InChI is InChI=1S/C15H20FN3O2/c1-17-15(21)18-10-14(20)19-7-3-6-13(19)9-11-4-2-5-12(16)8-11/h2,4-5,8,13H,3,6-7,9-10H2,1H3,(H2,17,18,21)/t13-/m0/s1. The van der Waals surface area contributed by atoms with Crippen molar-refractivity contribution in [1.29, 1.82) is 0 Å². The van der Waals surface area contributed by atoms with E-state index in [1.54, 1.807) is 11.0 Å². The van der Waals surface area contributed by atoms with E-state index >= 15 is 0 Å². The van der Waals surface area contributed by atoms with Gasteiger partial charge in [0.25, 0.3) is 0 Å². The number of nitrogens with zero attached hydrogens (tertiary/aromatic N) is 1. The molecule has 1 heterocycles. The zero-order valence-corrected chi connectivity index (χ0v) is 12.1. The summed E-state index contributed by atoms with van der Waals surface area (Å²) in [7, 11) is 1.50. The molecule has 6 heteroatoms. The molecule has 1 aliphatic rings. The molecule has 114 valence electrons. The Morgan fingerprint density at radius 3 is 2.95 bits per heavy atom. The van der Waals surface area contributed by atoms with Gasteiger partial charge in [0.1, 0.15) is 5.82 Å². The molecule has 0 spiro atoms. The van der Waals surface area contributed by atoms with E-state index in [4.69, 9.17) is 0 Å². The minimum absolute atomic E-state index is 0.0146. The SMILES string of the molecule is CNC(=O)NCC(=O)N1CCC[C@H]1Cc1cccc(F)c1. The minimum Gasteiger partial charge on any atom is -0.341 e. The highest BCUT2D eigenvalue weighted by Gasteiger charge is 2.28. The number of benzene rings is 1. The van der Waals surface area contributed by atoms with Gasteiger partial charge >= 0.3 is 6.03 Å². The molecule has 0 radical (unpaired) electrons. The third-order valence-corrected chi connectivity index (χ3v) is 3.69. The Hall–Kier alpha value is -2.11. The van der Waals surface area contributed by atoms with E-state index in [0.29, 0.717) is 13.0 Å². The zero-order valence-electron chi connectivity index (χ0n) is 12.1. The maximum absolute atomic E-state index is 13.2. The van der Waals surface area contributed by atoms with Crippen molar-refractivity contribution >= 4 is 11.9 Å². The van der Waals surface area contributed by atoms with Gasteiger partial charge in [-0.05, 0) is 37.0 Å². The molecular formula is C15H20FN3O2. The lowest BCUT2D eigenvalue weighted by Gasteiger charge is -2.25. The Kier molecular flexibility index (Phi) is 5.14. The summed E-state index contributed by atoms with van der Waals surface area (Å²) >= 11 is 0. The topological polar surface area (TPSA) is 61.4 Å². The highest BCUT2D eigenvalue weighted by Crippen LogP contribution is 2.21. The van der Waals surface area contributed by atoms with Crippen LogP contribution in [0.25, 0.3) is 0 Å². The highest BCUT2D eigenvalue weighted by molar-refractivity contribution is 5.84. The first kappa shape index (κ1) is 15.3. The molecule has 1 aromatic rings. The number of urea groups is 1. The maximum Gasteiger partial charge on any atom is 0.314 e. The Morgan fingerprint density at radius 2 is 2.24 bits per heavy atom. The summed E-state index contributed by atoms with van der Waals surface area (Å²) in [6, 6.07) is 6.17. The Balaban J connectivity index is 1.93. The quantitative estimate of drug-likeness (QED) is 0.878. The summed E-state index contributed by atoms with van der Waals surface area (Å²) in [5.41, 5.74) is 0.888. The minimum atomic E-state index is -0.371. The van der Waals surface area contributed by atoms with Crippen LogP contribution in [0, 0.1) is 5.82 Å². The van der Waals surface area contributed by atoms with Crippen LogP contribution in [0.4, 0.5) is 9.18 Å². The largest absolute Gasteiger partial charge is 0.341 e. The normalized spacial score (nSPS) is 17.6. The summed E-state index contributed by atoms with van der Waals surface area (Å²) in [6.45, 7) is 0.674. The van der Waals surface area contributed by atoms with Crippen LogP contribution in [-0.4, -0.2) is 43.0 Å². The zero-order chi connectivity index (χ0) is 15.2. The van der Waals surface area contributed by atoms with Crippen LogP contribution in [0.3, 0.4) is 0 Å². The predicted octanol–water partition coefficient (Wildman–Crippen LogP) is 1.29. The van der Waals surface area contributed by atoms with E-state index in [1.807, 2.05) is 6.07 Å². The molecule has 1 atom stereocenters. The molecule has 1 saturated heterocycles. The number of hydrogen-bond acceptors (Lipinski definition) is 2. The summed E-state index contributed by atoms with van der Waals surface area (Å²) in [5, 5.41) is 4.91. The number of hydrogen-bond donors (Lipinski definition) is 2. The lowest BCUT2D eigenvalue weighted by Crippen LogP contribution is -2.45. The van der Waals surface area contributed by atoms with E-state index in [2.05, 4.69) is 10.6 Å². The van der Waals surface area contributed by atoms with Gasteiger partial charge in [0.2, 0.25) is 5.91 Å². The number of nitrogens with one attached hydrogen (secondary N) is 2. The summed E-state index contributed by atoms with van der Waals surface area (Å²) in [4.78, 5) is 25.0. The number of carbonyl (C=O) groups is 2. The predicted molar refractivity (Wildman–Crippen MR) is 77.3 cm³/mol. The van der Waals surface area contributed by atoms with E-state index in [0.717, 1.165) is 18.4 Å². The van der Waals surface area contributed by atoms with Gasteiger partial charge in [-0.3, -0.25) is 4.79 Å². The highest BCUT2D eigenvalue weighted by atomic mass is 19.1. The molecule has 1 aromatic carbocycles. The summed E-state index contributed by atoms with van der Waals surface area (Å²) in [6.07, 6.45) is 2.48. The van der Waals surface area contributed by atoms with Gasteiger partial charge < -0.3 is 15.5 Å². The van der Waals surface area contributed by atoms with Crippen LogP contribution < -0.4 is 10.6 Å². The smallest absolute Gasteiger partial charge is 0.314 e. The molecule has 2 N–H and O–H groups in total. The molecule has 21 heavy (non-hydrogen) atoms. The maximum atomic E-state index is 13.2. The average molecular weight is 293 g/mol. The van der Waals surface area contributed by atoms with Crippen LogP contribution in [0.15, 0.2) is 24.3 Å². The van der Waals surface area contributed by atoms with Crippen molar-refractivity contribution in [2.24, 2.45) is 0 Å². The van der Waals surface area contributed by atoms with Gasteiger partial charge in [-0.25, -0.2) is 9.18 Å². The van der Waals surface area contributed by atoms with Crippen molar-refractivity contribution in [1.82, 2.24) is 15.5 Å². The molecule has 0 unspecified atom stereocenters. The lowest BCUT2D eigenvalue weighted by atomic mass is 10.0. The molecule has 0 aromatic heterocycles. The number of halogens is 1. The van der Waals surface area contributed by atoms with Gasteiger partial charge in [-0.1, -0.05) is 12.1 Å². The molecule has 0 bridgehead atoms. The molecule has 1 aliphatic heterocycles. The van der Waals surface area contributed by atoms with Crippen molar-refractivity contribution < 1.29 is 14.0 Å². The fourth-order valence-electron chi connectivity index (χ4n) is 2.66. The van der Waals surface area contributed by atoms with Gasteiger partial charge in [0.15, 0.2) is 0 Å². The van der Waals surface area contributed by atoms with Crippen LogP contribution in [-0.2, 0) is 11.2 Å². The van der Waals surface area contributed by atoms with Gasteiger partial charge in [-0.15, -0.1) is 0 Å². The van der Waals surface area contributed by atoms with E-state index < -0.39 is 0 Å². The number of likely N-dealkylation sites (tertiary alicyclic amines) is 1. The molecule has 2 rings (SSSR count). The van der Waals surface area contributed by atoms with Crippen molar-refractivity contribution in [3.63, 3.8) is 0 Å². The van der Waals surface area contributed by atoms with Crippen molar-refractivity contribution in [2.75, 3.05) is 20.1 Å². The Labute approximate surface area is 123 Å². The fourth-order valence-corrected chi connectivity index (χ4v) is 2.66. The van der Waals surface area contributed by atoms with Crippen LogP contribution in [0.5, 0.6) is 0 Å². The van der Waals surface area contributed by atoms with Gasteiger partial charge in [-0.2, -0.15) is 0 Å². The Morgan fingerprint density at radius 1 is 1.43 bits per heavy atom. The molecule has 1 fully saturated rings. The van der Waals surface area contributed by atoms with Crippen LogP contribution >= 0.6 is 0 Å². The molecular weight excluding hydrogens is 273 g/mol. The molecule has 0 saturated carbocycles. The first-order valence-corrected chi connectivity index (χ1v) is 7.09. The molecule has 5 nitrogen and oxygen atoms in total. The third kappa shape index (κ3) is 4.18. The fraction of sp³-hybridized carbons (Fsp3) is 0.467. The second-order valence-electron chi connectivity index (χ2n) is 5.15. The van der Waals surface area contributed by atoms with Crippen molar-refractivity contribution in [2.45, 2.75) is 25.3 Å². The number of rotatable bonds is 4. The average Bonchev–Trinajstić information content (AvgIpc) is 2.92. The Bertz CT molecular complexity index is 521. The van der Waals surface area contributed by atoms with Crippen molar-refractivity contribution in [3.8, 4) is 0 Å². The second-order valence-corrected chi connectivity index (χ2v) is 5.15. The van der Waals surface area contributed by atoms with E-state index in [9.17, 15) is 14.0 Å². The first-order chi connectivity index (χ1) is 10.1. The van der Waals surface area contributed by atoms with Gasteiger partial charge in [0.05, 0.1) is 6.54 Å². The van der Waals surface area contributed by atoms with E-state index in [-0.39, 0.29) is 30.3 Å². The third-order valence-electron chi connectivity index (χ3n) is 3.69. The molecule has 3 amide bonds. The van der Waals surface area contributed by atoms with Crippen LogP contribution in [0.1, 0.15) is 18.4 Å². The second kappa shape index (κ2) is 7.06. The monoisotopic (exact) mass is 293 g/mol. The van der Waals surface area contributed by atoms with Crippen molar-refractivity contribution in [3.05, 3.63) is 35.6 Å². The first-order valence-electron chi connectivity index (χ1n) is 7.09. The number of carbonyl (C=O) groups excluding carboxylic acids is 2. The number of amides is 3. The molecule has 0 aliphatic carbocycles.